The molecule has 0 aromatic carbocycles. The van der Waals surface area contributed by atoms with E-state index in [-0.39, 0.29) is 5.78 Å². The van der Waals surface area contributed by atoms with Crippen LogP contribution >= 0.6 is 0 Å². The highest BCUT2D eigenvalue weighted by atomic mass is 16.4. The summed E-state index contributed by atoms with van der Waals surface area (Å²) in [5, 5.41) is 0. The van der Waals surface area contributed by atoms with Crippen LogP contribution in [0.3, 0.4) is 0 Å². The number of piperidine rings is 1. The summed E-state index contributed by atoms with van der Waals surface area (Å²) >= 11 is 0. The van der Waals surface area contributed by atoms with Crippen molar-refractivity contribution in [2.24, 2.45) is 0 Å². The number of ketones is 1. The van der Waals surface area contributed by atoms with E-state index in [0.717, 1.165) is 19.5 Å². The Kier molecular flexibility index (Phi) is 2.86. The van der Waals surface area contributed by atoms with Gasteiger partial charge in [0.2, 0.25) is 0 Å². The second-order valence-corrected chi connectivity index (χ2v) is 4.22. The van der Waals surface area contributed by atoms with Gasteiger partial charge in [0, 0.05) is 19.4 Å². The first-order valence-electron chi connectivity index (χ1n) is 5.32. The molecular weight excluding hydrogens is 192 g/mol. The fraction of sp³-hybridized carbons (Fsp3) is 0.636. The van der Waals surface area contributed by atoms with E-state index < -0.39 is 0 Å². The molecule has 2 rings (SSSR count). The van der Waals surface area contributed by atoms with Gasteiger partial charge in [0.1, 0.15) is 0 Å². The summed E-state index contributed by atoms with van der Waals surface area (Å²) in [5.41, 5.74) is 0. The Morgan fingerprint density at radius 2 is 2.47 bits per heavy atom. The normalized spacial score (nSPS) is 22.9. The van der Waals surface area contributed by atoms with Gasteiger partial charge in [-0.2, -0.15) is 0 Å². The molecular formula is C11H16N2O2. The van der Waals surface area contributed by atoms with Crippen molar-refractivity contribution in [2.45, 2.75) is 25.7 Å². The van der Waals surface area contributed by atoms with Crippen LogP contribution in [0, 0.1) is 0 Å². The van der Waals surface area contributed by atoms with Gasteiger partial charge < -0.3 is 9.32 Å². The van der Waals surface area contributed by atoms with E-state index in [9.17, 15) is 4.79 Å². The summed E-state index contributed by atoms with van der Waals surface area (Å²) in [6, 6.07) is 0. The predicted molar refractivity (Wildman–Crippen MR) is 56.0 cm³/mol. The first-order chi connectivity index (χ1) is 7.16. The fourth-order valence-corrected chi connectivity index (χ4v) is 2.01. The molecule has 82 valence electrons. The lowest BCUT2D eigenvalue weighted by molar-refractivity contribution is 0.0983. The number of hydrogen-bond acceptors (Lipinski definition) is 4. The quantitative estimate of drug-likeness (QED) is 0.694. The van der Waals surface area contributed by atoms with Gasteiger partial charge in [-0.1, -0.05) is 0 Å². The number of nitrogens with zero attached hydrogens (tertiary/aromatic N) is 2. The average molecular weight is 208 g/mol. The predicted octanol–water partition coefficient (Wildman–Crippen LogP) is 1.69. The molecule has 1 fully saturated rings. The first kappa shape index (κ1) is 10.4. The van der Waals surface area contributed by atoms with E-state index in [0.29, 0.717) is 17.6 Å². The summed E-state index contributed by atoms with van der Waals surface area (Å²) in [7, 11) is 2.10. The Labute approximate surface area is 89.3 Å². The number of Topliss-reactive ketones (excluding diaryl/α,β-unsaturated/α-hetero) is 1. The van der Waals surface area contributed by atoms with Gasteiger partial charge in [0.15, 0.2) is 17.4 Å². The highest BCUT2D eigenvalue weighted by molar-refractivity contribution is 5.90. The third-order valence-electron chi connectivity index (χ3n) is 2.84. The van der Waals surface area contributed by atoms with Crippen molar-refractivity contribution < 1.29 is 9.21 Å². The molecule has 1 aromatic heterocycles. The molecule has 0 N–H and O–H groups in total. The van der Waals surface area contributed by atoms with E-state index in [1.807, 2.05) is 0 Å². The zero-order chi connectivity index (χ0) is 10.8. The van der Waals surface area contributed by atoms with Crippen LogP contribution in [0.25, 0.3) is 0 Å². The third-order valence-corrected chi connectivity index (χ3v) is 2.84. The zero-order valence-corrected chi connectivity index (χ0v) is 9.19. The molecule has 0 spiro atoms. The lowest BCUT2D eigenvalue weighted by atomic mass is 9.99. The summed E-state index contributed by atoms with van der Waals surface area (Å²) in [5.74, 6) is 1.37. The molecule has 0 saturated carbocycles. The minimum absolute atomic E-state index is 0.0575. The smallest absolute Gasteiger partial charge is 0.199 e. The van der Waals surface area contributed by atoms with Crippen LogP contribution in [0.2, 0.25) is 0 Å². The summed E-state index contributed by atoms with van der Waals surface area (Å²) in [6.45, 7) is 3.60. The molecule has 1 aliphatic heterocycles. The number of hydrogen-bond donors (Lipinski definition) is 0. The van der Waals surface area contributed by atoms with Crippen LogP contribution in [0.1, 0.15) is 42.1 Å². The molecule has 0 amide bonds. The molecule has 1 unspecified atom stereocenters. The highest BCUT2D eigenvalue weighted by Crippen LogP contribution is 2.25. The summed E-state index contributed by atoms with van der Waals surface area (Å²) in [6.07, 6.45) is 3.80. The minimum atomic E-state index is -0.0575. The van der Waals surface area contributed by atoms with Crippen LogP contribution in [-0.4, -0.2) is 35.8 Å². The lowest BCUT2D eigenvalue weighted by Crippen LogP contribution is -2.30. The lowest BCUT2D eigenvalue weighted by Gasteiger charge is -2.27. The molecule has 4 nitrogen and oxygen atoms in total. The Bertz CT molecular complexity index is 359. The number of rotatable bonds is 2. The molecule has 15 heavy (non-hydrogen) atoms. The summed E-state index contributed by atoms with van der Waals surface area (Å²) in [4.78, 5) is 17.5. The second kappa shape index (κ2) is 4.14. The Morgan fingerprint density at radius 3 is 3.07 bits per heavy atom. The van der Waals surface area contributed by atoms with Crippen molar-refractivity contribution in [3.8, 4) is 0 Å². The number of likely N-dealkylation sites (N-methyl/N-ethyl adjacent to an activating group) is 1. The number of carbonyl (C=O) groups is 1. The maximum atomic E-state index is 11.1. The van der Waals surface area contributed by atoms with Gasteiger partial charge in [-0.25, -0.2) is 4.98 Å². The van der Waals surface area contributed by atoms with E-state index in [4.69, 9.17) is 4.42 Å². The third kappa shape index (κ3) is 2.26. The van der Waals surface area contributed by atoms with E-state index >= 15 is 0 Å². The number of likely N-dealkylation sites (tertiary alicyclic amines) is 1. The van der Waals surface area contributed by atoms with Crippen LogP contribution in [0.5, 0.6) is 0 Å². The van der Waals surface area contributed by atoms with Crippen molar-refractivity contribution in [3.63, 3.8) is 0 Å². The molecule has 1 atom stereocenters. The van der Waals surface area contributed by atoms with E-state index in [1.54, 1.807) is 0 Å². The number of carbonyl (C=O) groups excluding carboxylic acids is 1. The maximum Gasteiger partial charge on any atom is 0.199 e. The molecule has 0 bridgehead atoms. The van der Waals surface area contributed by atoms with Crippen LogP contribution in [0.15, 0.2) is 10.6 Å². The molecule has 4 heteroatoms. The molecule has 1 aromatic rings. The van der Waals surface area contributed by atoms with Gasteiger partial charge in [-0.05, 0) is 26.4 Å². The SMILES string of the molecule is CC(=O)c1cnc(C2CCCN(C)C2)o1. The largest absolute Gasteiger partial charge is 0.437 e. The van der Waals surface area contributed by atoms with Gasteiger partial charge in [-0.3, -0.25) is 4.79 Å². The van der Waals surface area contributed by atoms with Crippen molar-refractivity contribution in [3.05, 3.63) is 17.8 Å². The Hall–Kier alpha value is -1.16. The van der Waals surface area contributed by atoms with Crippen LogP contribution < -0.4 is 0 Å². The topological polar surface area (TPSA) is 46.3 Å². The zero-order valence-electron chi connectivity index (χ0n) is 9.19. The van der Waals surface area contributed by atoms with Gasteiger partial charge >= 0.3 is 0 Å². The van der Waals surface area contributed by atoms with E-state index in [2.05, 4.69) is 16.9 Å². The monoisotopic (exact) mass is 208 g/mol. The Morgan fingerprint density at radius 1 is 1.67 bits per heavy atom. The van der Waals surface area contributed by atoms with E-state index in [1.165, 1.54) is 19.5 Å². The van der Waals surface area contributed by atoms with Gasteiger partial charge in [0.05, 0.1) is 6.20 Å². The standard InChI is InChI=1S/C11H16N2O2/c1-8(14)10-6-12-11(15-10)9-4-3-5-13(2)7-9/h6,9H,3-5,7H2,1-2H3. The molecule has 0 aliphatic carbocycles. The highest BCUT2D eigenvalue weighted by Gasteiger charge is 2.23. The van der Waals surface area contributed by atoms with Crippen LogP contribution in [-0.2, 0) is 0 Å². The second-order valence-electron chi connectivity index (χ2n) is 4.22. The van der Waals surface area contributed by atoms with Gasteiger partial charge in [-0.15, -0.1) is 0 Å². The van der Waals surface area contributed by atoms with Crippen molar-refractivity contribution in [1.82, 2.24) is 9.88 Å². The number of oxazole rings is 1. The molecule has 2 heterocycles. The van der Waals surface area contributed by atoms with Gasteiger partial charge in [0.25, 0.3) is 0 Å². The van der Waals surface area contributed by atoms with Crippen molar-refractivity contribution >= 4 is 5.78 Å². The fourth-order valence-electron chi connectivity index (χ4n) is 2.01. The summed E-state index contributed by atoms with van der Waals surface area (Å²) < 4.78 is 5.45. The Balaban J connectivity index is 2.11. The minimum Gasteiger partial charge on any atom is -0.437 e. The molecule has 0 radical (unpaired) electrons. The van der Waals surface area contributed by atoms with Crippen molar-refractivity contribution in [1.29, 1.82) is 0 Å². The van der Waals surface area contributed by atoms with Crippen molar-refractivity contribution in [2.75, 3.05) is 20.1 Å². The molecule has 1 aliphatic rings. The first-order valence-corrected chi connectivity index (χ1v) is 5.32. The average Bonchev–Trinajstić information content (AvgIpc) is 2.66. The molecule has 1 saturated heterocycles. The maximum absolute atomic E-state index is 11.1. The van der Waals surface area contributed by atoms with Crippen LogP contribution in [0.4, 0.5) is 0 Å². The number of aromatic nitrogens is 1.